The molecule has 0 aliphatic heterocycles. The number of hydrogen-bond acceptors (Lipinski definition) is 2. The van der Waals surface area contributed by atoms with E-state index in [0.717, 1.165) is 11.4 Å². The number of halogens is 1. The first kappa shape index (κ1) is 13.8. The molecule has 0 spiro atoms. The second kappa shape index (κ2) is 6.06. The van der Waals surface area contributed by atoms with Gasteiger partial charge in [0, 0.05) is 10.9 Å². The predicted octanol–water partition coefficient (Wildman–Crippen LogP) is 4.00. The minimum atomic E-state index is -0.00719. The molecule has 0 saturated carbocycles. The van der Waals surface area contributed by atoms with Crippen molar-refractivity contribution in [1.82, 2.24) is 9.78 Å². The van der Waals surface area contributed by atoms with Gasteiger partial charge in [0.25, 0.3) is 0 Å². The van der Waals surface area contributed by atoms with Crippen molar-refractivity contribution in [2.75, 3.05) is 0 Å². The first-order valence-corrected chi connectivity index (χ1v) is 7.71. The number of ketones is 1. The molecule has 1 heterocycles. The van der Waals surface area contributed by atoms with Crippen LogP contribution in [0.25, 0.3) is 5.69 Å². The van der Waals surface area contributed by atoms with Crippen LogP contribution in [0.2, 0.25) is 0 Å². The summed E-state index contributed by atoms with van der Waals surface area (Å²) in [5, 5.41) is 4.93. The second-order valence-electron chi connectivity index (χ2n) is 4.58. The molecule has 3 aromatic rings. The number of carbonyl (C=O) groups is 1. The van der Waals surface area contributed by atoms with Crippen LogP contribution in [0.5, 0.6) is 0 Å². The van der Waals surface area contributed by atoms with Gasteiger partial charge in [-0.25, -0.2) is 4.68 Å². The van der Waals surface area contributed by atoms with Crippen LogP contribution >= 0.6 is 15.9 Å². The molecule has 0 unspecified atom stereocenters. The molecule has 0 fully saturated rings. The van der Waals surface area contributed by atoms with Gasteiger partial charge < -0.3 is 0 Å². The van der Waals surface area contributed by atoms with Crippen LogP contribution in [-0.4, -0.2) is 15.6 Å². The lowest BCUT2D eigenvalue weighted by Gasteiger charge is -2.07. The van der Waals surface area contributed by atoms with Crippen LogP contribution in [0.3, 0.4) is 0 Å². The third-order valence-corrected chi connectivity index (χ3v) is 3.81. The topological polar surface area (TPSA) is 34.9 Å². The van der Waals surface area contributed by atoms with E-state index in [2.05, 4.69) is 21.0 Å². The van der Waals surface area contributed by atoms with Crippen molar-refractivity contribution in [3.63, 3.8) is 0 Å². The molecule has 4 heteroatoms. The SMILES string of the molecule is O=C(c1ccccc1)c1cnn(-c2ccccc2)c1CBr. The molecular formula is C17H13BrN2O. The van der Waals surface area contributed by atoms with Crippen LogP contribution in [0.15, 0.2) is 66.9 Å². The molecule has 3 nitrogen and oxygen atoms in total. The van der Waals surface area contributed by atoms with E-state index < -0.39 is 0 Å². The fourth-order valence-corrected chi connectivity index (χ4v) is 2.77. The minimum absolute atomic E-state index is 0.00719. The average Bonchev–Trinajstić information content (AvgIpc) is 2.99. The molecule has 0 saturated heterocycles. The molecule has 0 amide bonds. The summed E-state index contributed by atoms with van der Waals surface area (Å²) >= 11 is 3.46. The van der Waals surface area contributed by atoms with Gasteiger partial charge in [-0.05, 0) is 12.1 Å². The molecule has 3 rings (SSSR count). The van der Waals surface area contributed by atoms with E-state index in [1.54, 1.807) is 10.9 Å². The summed E-state index contributed by atoms with van der Waals surface area (Å²) in [6, 6.07) is 19.1. The molecule has 0 aliphatic carbocycles. The van der Waals surface area contributed by atoms with Gasteiger partial charge in [0.1, 0.15) is 0 Å². The zero-order valence-electron chi connectivity index (χ0n) is 11.2. The van der Waals surface area contributed by atoms with Gasteiger partial charge in [-0.1, -0.05) is 64.5 Å². The Morgan fingerprint density at radius 1 is 1.00 bits per heavy atom. The lowest BCUT2D eigenvalue weighted by atomic mass is 10.0. The van der Waals surface area contributed by atoms with Crippen LogP contribution in [0, 0.1) is 0 Å². The van der Waals surface area contributed by atoms with Crippen molar-refractivity contribution in [2.24, 2.45) is 0 Å². The van der Waals surface area contributed by atoms with E-state index in [0.29, 0.717) is 16.5 Å². The maximum Gasteiger partial charge on any atom is 0.196 e. The highest BCUT2D eigenvalue weighted by molar-refractivity contribution is 9.08. The smallest absolute Gasteiger partial charge is 0.196 e. The number of para-hydroxylation sites is 1. The molecule has 0 N–H and O–H groups in total. The van der Waals surface area contributed by atoms with Gasteiger partial charge in [-0.2, -0.15) is 5.10 Å². The highest BCUT2D eigenvalue weighted by Crippen LogP contribution is 2.20. The number of rotatable bonds is 4. The van der Waals surface area contributed by atoms with Gasteiger partial charge in [-0.15, -0.1) is 0 Å². The number of hydrogen-bond donors (Lipinski definition) is 0. The Morgan fingerprint density at radius 3 is 2.24 bits per heavy atom. The van der Waals surface area contributed by atoms with Gasteiger partial charge in [0.05, 0.1) is 23.1 Å². The van der Waals surface area contributed by atoms with Gasteiger partial charge in [0.2, 0.25) is 0 Å². The predicted molar refractivity (Wildman–Crippen MR) is 86.1 cm³/mol. The Kier molecular flexibility index (Phi) is 3.97. The second-order valence-corrected chi connectivity index (χ2v) is 5.14. The van der Waals surface area contributed by atoms with E-state index in [4.69, 9.17) is 0 Å². The normalized spacial score (nSPS) is 10.5. The number of benzene rings is 2. The Labute approximate surface area is 131 Å². The number of alkyl halides is 1. The fraction of sp³-hybridized carbons (Fsp3) is 0.0588. The zero-order valence-corrected chi connectivity index (χ0v) is 12.8. The largest absolute Gasteiger partial charge is 0.288 e. The van der Waals surface area contributed by atoms with E-state index in [1.165, 1.54) is 0 Å². The summed E-state index contributed by atoms with van der Waals surface area (Å²) in [5.41, 5.74) is 3.10. The summed E-state index contributed by atoms with van der Waals surface area (Å²) in [6.07, 6.45) is 1.64. The number of aromatic nitrogens is 2. The standard InChI is InChI=1S/C17H13BrN2O/c18-11-16-15(17(21)13-7-3-1-4-8-13)12-19-20(16)14-9-5-2-6-10-14/h1-10,12H,11H2. The van der Waals surface area contributed by atoms with Gasteiger partial charge in [-0.3, -0.25) is 4.79 Å². The first-order chi connectivity index (χ1) is 10.3. The maximum atomic E-state index is 12.6. The van der Waals surface area contributed by atoms with Crippen molar-refractivity contribution in [3.8, 4) is 5.69 Å². The zero-order chi connectivity index (χ0) is 14.7. The molecule has 0 bridgehead atoms. The summed E-state index contributed by atoms with van der Waals surface area (Å²) in [4.78, 5) is 12.6. The monoisotopic (exact) mass is 340 g/mol. The molecule has 104 valence electrons. The maximum absolute atomic E-state index is 12.6. The third-order valence-electron chi connectivity index (χ3n) is 3.28. The molecule has 21 heavy (non-hydrogen) atoms. The van der Waals surface area contributed by atoms with Crippen LogP contribution in [0.1, 0.15) is 21.6 Å². The van der Waals surface area contributed by atoms with E-state index in [1.807, 2.05) is 60.7 Å². The van der Waals surface area contributed by atoms with Crippen molar-refractivity contribution in [3.05, 3.63) is 83.7 Å². The first-order valence-electron chi connectivity index (χ1n) is 6.59. The lowest BCUT2D eigenvalue weighted by molar-refractivity contribution is 0.103. The average molecular weight is 341 g/mol. The molecule has 1 aromatic heterocycles. The van der Waals surface area contributed by atoms with E-state index in [-0.39, 0.29) is 5.78 Å². The number of nitrogens with zero attached hydrogens (tertiary/aromatic N) is 2. The quantitative estimate of drug-likeness (QED) is 0.531. The Morgan fingerprint density at radius 2 is 1.62 bits per heavy atom. The molecule has 0 atom stereocenters. The fourth-order valence-electron chi connectivity index (χ4n) is 2.23. The van der Waals surface area contributed by atoms with Crippen LogP contribution in [0.4, 0.5) is 0 Å². The molecular weight excluding hydrogens is 328 g/mol. The minimum Gasteiger partial charge on any atom is -0.288 e. The van der Waals surface area contributed by atoms with E-state index in [9.17, 15) is 4.79 Å². The highest BCUT2D eigenvalue weighted by Gasteiger charge is 2.18. The van der Waals surface area contributed by atoms with Gasteiger partial charge in [0.15, 0.2) is 5.78 Å². The van der Waals surface area contributed by atoms with Crippen molar-refractivity contribution < 1.29 is 4.79 Å². The number of carbonyl (C=O) groups excluding carboxylic acids is 1. The lowest BCUT2D eigenvalue weighted by Crippen LogP contribution is -2.06. The summed E-state index contributed by atoms with van der Waals surface area (Å²) in [6.45, 7) is 0. The molecule has 2 aromatic carbocycles. The van der Waals surface area contributed by atoms with Crippen LogP contribution in [-0.2, 0) is 5.33 Å². The van der Waals surface area contributed by atoms with Gasteiger partial charge >= 0.3 is 0 Å². The highest BCUT2D eigenvalue weighted by atomic mass is 79.9. The summed E-state index contributed by atoms with van der Waals surface area (Å²) in [5.74, 6) is -0.00719. The third kappa shape index (κ3) is 2.67. The van der Waals surface area contributed by atoms with Crippen molar-refractivity contribution >= 4 is 21.7 Å². The summed E-state index contributed by atoms with van der Waals surface area (Å²) in [7, 11) is 0. The van der Waals surface area contributed by atoms with Crippen LogP contribution < -0.4 is 0 Å². The molecule has 0 aliphatic rings. The molecule has 0 radical (unpaired) electrons. The Balaban J connectivity index is 2.06. The Hall–Kier alpha value is -2.20. The van der Waals surface area contributed by atoms with Crippen molar-refractivity contribution in [1.29, 1.82) is 0 Å². The summed E-state index contributed by atoms with van der Waals surface area (Å²) < 4.78 is 1.80. The van der Waals surface area contributed by atoms with E-state index >= 15 is 0 Å². The Bertz CT molecular complexity index is 751. The van der Waals surface area contributed by atoms with Crippen molar-refractivity contribution in [2.45, 2.75) is 5.33 Å².